The van der Waals surface area contributed by atoms with Crippen molar-refractivity contribution in [2.75, 3.05) is 7.05 Å². The number of rotatable bonds is 5. The molecule has 0 radical (unpaired) electrons. The largest absolute Gasteiger partial charge is 0.356 e. The molecule has 1 aliphatic heterocycles. The summed E-state index contributed by atoms with van der Waals surface area (Å²) in [7, 11) is 1.84. The van der Waals surface area contributed by atoms with Crippen molar-refractivity contribution in [1.82, 2.24) is 10.4 Å². The second kappa shape index (κ2) is 5.80. The van der Waals surface area contributed by atoms with E-state index in [2.05, 4.69) is 5.48 Å². The highest BCUT2D eigenvalue weighted by molar-refractivity contribution is 5.82. The summed E-state index contributed by atoms with van der Waals surface area (Å²) in [6, 6.07) is -0.421. The number of likely N-dealkylation sites (N-methyl/N-ethyl adjacent to an activating group) is 1. The van der Waals surface area contributed by atoms with Crippen LogP contribution in [0.4, 0.5) is 0 Å². The molecule has 0 aliphatic carbocycles. The maximum atomic E-state index is 11.5. The average Bonchev–Trinajstić information content (AvgIpc) is 2.63. The van der Waals surface area contributed by atoms with Gasteiger partial charge in [-0.15, -0.1) is 5.48 Å². The van der Waals surface area contributed by atoms with Crippen molar-refractivity contribution in [2.24, 2.45) is 5.92 Å². The average molecular weight is 238 g/mol. The summed E-state index contributed by atoms with van der Waals surface area (Å²) in [6.45, 7) is 3.42. The maximum Gasteiger partial charge on any atom is 0.146 e. The van der Waals surface area contributed by atoms with E-state index >= 15 is 0 Å². The van der Waals surface area contributed by atoms with Gasteiger partial charge in [-0.25, -0.2) is 0 Å². The number of ketones is 1. The van der Waals surface area contributed by atoms with E-state index in [4.69, 9.17) is 11.3 Å². The molecular formula is C12H18N2O3. The Hall–Kier alpha value is -1.38. The SMILES string of the molecule is C#CONC(C)[C@H]1[C@H](C=O)C[C@H](C(C)=O)N1C. The first kappa shape index (κ1) is 13.7. The minimum Gasteiger partial charge on any atom is -0.356 e. The highest BCUT2D eigenvalue weighted by Gasteiger charge is 2.43. The molecule has 1 unspecified atom stereocenters. The van der Waals surface area contributed by atoms with E-state index in [1.54, 1.807) is 6.92 Å². The van der Waals surface area contributed by atoms with Gasteiger partial charge in [-0.05, 0) is 27.3 Å². The quantitative estimate of drug-likeness (QED) is 0.414. The van der Waals surface area contributed by atoms with Crippen molar-refractivity contribution < 1.29 is 14.4 Å². The first-order valence-corrected chi connectivity index (χ1v) is 5.57. The number of aldehydes is 1. The summed E-state index contributed by atoms with van der Waals surface area (Å²) >= 11 is 0. The first-order chi connectivity index (χ1) is 8.02. The zero-order chi connectivity index (χ0) is 13.0. The van der Waals surface area contributed by atoms with Crippen LogP contribution in [0.25, 0.3) is 0 Å². The number of carbonyl (C=O) groups is 2. The van der Waals surface area contributed by atoms with Crippen LogP contribution in [0.5, 0.6) is 0 Å². The van der Waals surface area contributed by atoms with Gasteiger partial charge in [0.2, 0.25) is 0 Å². The summed E-state index contributed by atoms with van der Waals surface area (Å²) < 4.78 is 0. The molecule has 0 spiro atoms. The van der Waals surface area contributed by atoms with E-state index in [-0.39, 0.29) is 29.8 Å². The zero-order valence-electron chi connectivity index (χ0n) is 10.3. The van der Waals surface area contributed by atoms with Gasteiger partial charge in [0, 0.05) is 12.0 Å². The molecule has 1 rings (SSSR count). The van der Waals surface area contributed by atoms with Gasteiger partial charge in [0.1, 0.15) is 18.2 Å². The third kappa shape index (κ3) is 2.84. The van der Waals surface area contributed by atoms with Gasteiger partial charge in [0.15, 0.2) is 0 Å². The molecule has 0 amide bonds. The number of nitrogens with one attached hydrogen (secondary N) is 1. The van der Waals surface area contributed by atoms with Crippen molar-refractivity contribution >= 4 is 12.1 Å². The second-order valence-corrected chi connectivity index (χ2v) is 4.44. The number of terminal acetylenes is 1. The highest BCUT2D eigenvalue weighted by atomic mass is 16.6. The summed E-state index contributed by atoms with van der Waals surface area (Å²) in [5.41, 5.74) is 2.68. The molecule has 17 heavy (non-hydrogen) atoms. The number of likely N-dealkylation sites (tertiary alicyclic amines) is 1. The fourth-order valence-electron chi connectivity index (χ4n) is 2.58. The van der Waals surface area contributed by atoms with Gasteiger partial charge in [-0.3, -0.25) is 9.69 Å². The van der Waals surface area contributed by atoms with Gasteiger partial charge in [0.05, 0.1) is 12.1 Å². The molecule has 5 heteroatoms. The summed E-state index contributed by atoms with van der Waals surface area (Å²) in [5.74, 6) is -0.107. The summed E-state index contributed by atoms with van der Waals surface area (Å²) in [5, 5.41) is 0. The molecular weight excluding hydrogens is 220 g/mol. The maximum absolute atomic E-state index is 11.5. The first-order valence-electron chi connectivity index (χ1n) is 5.57. The molecule has 0 aromatic rings. The zero-order valence-corrected chi connectivity index (χ0v) is 10.3. The van der Waals surface area contributed by atoms with Crippen LogP contribution in [0.1, 0.15) is 20.3 Å². The standard InChI is InChI=1S/C12H18N2O3/c1-5-17-13-8(2)12-10(7-15)6-11(9(3)16)14(12)4/h1,7-8,10-13H,6H2,2-4H3/t8?,10-,11+,12-/m0/s1. The predicted octanol–water partition coefficient (Wildman–Crippen LogP) is -0.0364. The van der Waals surface area contributed by atoms with Crippen molar-refractivity contribution in [2.45, 2.75) is 38.4 Å². The van der Waals surface area contributed by atoms with Gasteiger partial charge in [0.25, 0.3) is 0 Å². The number of nitrogens with zero attached hydrogens (tertiary/aromatic N) is 1. The Kier molecular flexibility index (Phi) is 4.67. The minimum atomic E-state index is -0.203. The van der Waals surface area contributed by atoms with E-state index in [0.29, 0.717) is 6.42 Å². The lowest BCUT2D eigenvalue weighted by molar-refractivity contribution is -0.121. The molecule has 1 heterocycles. The monoisotopic (exact) mass is 238 g/mol. The molecule has 0 aromatic heterocycles. The van der Waals surface area contributed by atoms with Crippen LogP contribution in [-0.4, -0.2) is 42.1 Å². The van der Waals surface area contributed by atoms with Crippen molar-refractivity contribution in [3.63, 3.8) is 0 Å². The lowest BCUT2D eigenvalue weighted by atomic mass is 9.95. The van der Waals surface area contributed by atoms with Crippen LogP contribution >= 0.6 is 0 Å². The Morgan fingerprint density at radius 3 is 2.82 bits per heavy atom. The molecule has 1 aliphatic rings. The molecule has 4 atom stereocenters. The lowest BCUT2D eigenvalue weighted by Crippen LogP contribution is -2.49. The fraction of sp³-hybridized carbons (Fsp3) is 0.667. The third-order valence-electron chi connectivity index (χ3n) is 3.36. The Morgan fingerprint density at radius 1 is 1.71 bits per heavy atom. The Balaban J connectivity index is 2.78. The normalized spacial score (nSPS) is 30.6. The van der Waals surface area contributed by atoms with Crippen LogP contribution in [0, 0.1) is 18.4 Å². The van der Waals surface area contributed by atoms with Crippen LogP contribution in [0.3, 0.4) is 0 Å². The fourth-order valence-corrected chi connectivity index (χ4v) is 2.58. The third-order valence-corrected chi connectivity index (χ3v) is 3.36. The van der Waals surface area contributed by atoms with E-state index in [9.17, 15) is 9.59 Å². The van der Waals surface area contributed by atoms with Crippen LogP contribution in [0.15, 0.2) is 0 Å². The predicted molar refractivity (Wildman–Crippen MR) is 62.7 cm³/mol. The van der Waals surface area contributed by atoms with Crippen molar-refractivity contribution in [3.05, 3.63) is 0 Å². The minimum absolute atomic E-state index is 0.0759. The van der Waals surface area contributed by atoms with Gasteiger partial charge in [-0.2, -0.15) is 0 Å². The van der Waals surface area contributed by atoms with Crippen LogP contribution in [0.2, 0.25) is 0 Å². The molecule has 0 bridgehead atoms. The van der Waals surface area contributed by atoms with Crippen LogP contribution < -0.4 is 5.48 Å². The second-order valence-electron chi connectivity index (χ2n) is 4.44. The molecule has 5 nitrogen and oxygen atoms in total. The lowest BCUT2D eigenvalue weighted by Gasteiger charge is -2.29. The molecule has 1 N–H and O–H groups in total. The summed E-state index contributed by atoms with van der Waals surface area (Å²) in [4.78, 5) is 29.1. The number of Topliss-reactive ketones (excluding diaryl/α,β-unsaturated/α-hetero) is 1. The Bertz CT molecular complexity index is 337. The summed E-state index contributed by atoms with van der Waals surface area (Å²) in [6.07, 6.45) is 8.46. The highest BCUT2D eigenvalue weighted by Crippen LogP contribution is 2.29. The van der Waals surface area contributed by atoms with E-state index in [0.717, 1.165) is 6.29 Å². The van der Waals surface area contributed by atoms with Crippen molar-refractivity contribution in [1.29, 1.82) is 0 Å². The molecule has 94 valence electrons. The van der Waals surface area contributed by atoms with E-state index < -0.39 is 0 Å². The number of hydroxylamine groups is 1. The van der Waals surface area contributed by atoms with Crippen molar-refractivity contribution in [3.8, 4) is 12.5 Å². The van der Waals surface area contributed by atoms with Crippen LogP contribution in [-0.2, 0) is 14.4 Å². The molecule has 1 fully saturated rings. The topological polar surface area (TPSA) is 58.6 Å². The van der Waals surface area contributed by atoms with E-state index in [1.807, 2.05) is 25.0 Å². The molecule has 0 saturated carbocycles. The van der Waals surface area contributed by atoms with Gasteiger partial charge >= 0.3 is 0 Å². The Labute approximate surface area is 101 Å². The molecule has 1 saturated heterocycles. The number of hydrogen-bond donors (Lipinski definition) is 1. The van der Waals surface area contributed by atoms with E-state index in [1.165, 1.54) is 0 Å². The smallest absolute Gasteiger partial charge is 0.146 e. The number of hydrogen-bond acceptors (Lipinski definition) is 5. The number of carbonyl (C=O) groups excluding carboxylic acids is 2. The molecule has 0 aromatic carbocycles. The van der Waals surface area contributed by atoms with Gasteiger partial charge < -0.3 is 9.63 Å². The Morgan fingerprint density at radius 2 is 2.35 bits per heavy atom. The van der Waals surface area contributed by atoms with Gasteiger partial charge in [-0.1, -0.05) is 6.42 Å².